The molecule has 0 atom stereocenters. The first-order valence-corrected chi connectivity index (χ1v) is 7.69. The van der Waals surface area contributed by atoms with Gasteiger partial charge >= 0.3 is 6.03 Å². The summed E-state index contributed by atoms with van der Waals surface area (Å²) in [7, 11) is 0. The van der Waals surface area contributed by atoms with E-state index in [0.29, 0.717) is 19.0 Å². The van der Waals surface area contributed by atoms with E-state index in [9.17, 15) is 14.4 Å². The minimum absolute atomic E-state index is 0.0276. The number of hydrogen-bond acceptors (Lipinski definition) is 5. The Bertz CT molecular complexity index is 624. The first kappa shape index (κ1) is 15.4. The Morgan fingerprint density at radius 3 is 2.65 bits per heavy atom. The Morgan fingerprint density at radius 2 is 2.04 bits per heavy atom. The first-order chi connectivity index (χ1) is 11.0. The van der Waals surface area contributed by atoms with Crippen LogP contribution in [0.25, 0.3) is 0 Å². The summed E-state index contributed by atoms with van der Waals surface area (Å²) >= 11 is 0. The molecule has 0 bridgehead atoms. The molecule has 8 heteroatoms. The SMILES string of the molecule is Cc1cncc(C2CCN(C(=O)CN3C(=O)CNC3=O)CC2)n1. The summed E-state index contributed by atoms with van der Waals surface area (Å²) in [6, 6.07) is -0.492. The van der Waals surface area contributed by atoms with Gasteiger partial charge in [-0.2, -0.15) is 0 Å². The number of aromatic nitrogens is 2. The van der Waals surface area contributed by atoms with Gasteiger partial charge in [-0.15, -0.1) is 0 Å². The van der Waals surface area contributed by atoms with Crippen LogP contribution in [0, 0.1) is 6.92 Å². The highest BCUT2D eigenvalue weighted by Gasteiger charge is 2.33. The number of nitrogens with one attached hydrogen (secondary N) is 1. The number of likely N-dealkylation sites (tertiary alicyclic amines) is 1. The molecule has 1 aromatic heterocycles. The third-order valence-corrected chi connectivity index (χ3v) is 4.27. The van der Waals surface area contributed by atoms with Crippen LogP contribution in [-0.4, -0.2) is 63.8 Å². The molecule has 3 heterocycles. The summed E-state index contributed by atoms with van der Waals surface area (Å²) < 4.78 is 0. The average Bonchev–Trinajstić information content (AvgIpc) is 2.87. The van der Waals surface area contributed by atoms with Gasteiger partial charge in [0, 0.05) is 31.4 Å². The van der Waals surface area contributed by atoms with Crippen molar-refractivity contribution in [3.8, 4) is 0 Å². The fourth-order valence-corrected chi connectivity index (χ4v) is 2.95. The number of imide groups is 1. The number of piperidine rings is 1. The van der Waals surface area contributed by atoms with E-state index in [0.717, 1.165) is 29.1 Å². The molecule has 1 N–H and O–H groups in total. The molecule has 0 aliphatic carbocycles. The average molecular weight is 317 g/mol. The highest BCUT2D eigenvalue weighted by Crippen LogP contribution is 2.26. The summed E-state index contributed by atoms with van der Waals surface area (Å²) in [6.07, 6.45) is 5.12. The van der Waals surface area contributed by atoms with E-state index in [2.05, 4.69) is 15.3 Å². The molecule has 23 heavy (non-hydrogen) atoms. The fraction of sp³-hybridized carbons (Fsp3) is 0.533. The second-order valence-corrected chi connectivity index (χ2v) is 5.88. The summed E-state index contributed by atoms with van der Waals surface area (Å²) in [5, 5.41) is 2.41. The van der Waals surface area contributed by atoms with Crippen LogP contribution in [0.1, 0.15) is 30.1 Å². The van der Waals surface area contributed by atoms with E-state index in [-0.39, 0.29) is 24.9 Å². The highest BCUT2D eigenvalue weighted by molar-refractivity contribution is 6.04. The smallest absolute Gasteiger partial charge is 0.325 e. The van der Waals surface area contributed by atoms with Crippen molar-refractivity contribution in [1.29, 1.82) is 0 Å². The second kappa shape index (κ2) is 6.31. The number of nitrogens with zero attached hydrogens (tertiary/aromatic N) is 4. The number of carbonyl (C=O) groups is 3. The van der Waals surface area contributed by atoms with Gasteiger partial charge in [0.05, 0.1) is 17.9 Å². The van der Waals surface area contributed by atoms with Gasteiger partial charge in [0.2, 0.25) is 5.91 Å². The van der Waals surface area contributed by atoms with Crippen LogP contribution < -0.4 is 5.32 Å². The number of urea groups is 1. The standard InChI is InChI=1S/C15H19N5O3/c1-10-6-16-7-12(18-10)11-2-4-19(5-3-11)14(22)9-20-13(21)8-17-15(20)23/h6-7,11H,2-5,8-9H2,1H3,(H,17,23). The van der Waals surface area contributed by atoms with Gasteiger partial charge in [-0.25, -0.2) is 4.79 Å². The van der Waals surface area contributed by atoms with E-state index in [1.165, 1.54) is 0 Å². The summed E-state index contributed by atoms with van der Waals surface area (Å²) in [5.41, 5.74) is 1.85. The predicted octanol–water partition coefficient (Wildman–Crippen LogP) is 0.0428. The molecule has 0 spiro atoms. The van der Waals surface area contributed by atoms with Gasteiger partial charge in [-0.05, 0) is 19.8 Å². The van der Waals surface area contributed by atoms with Gasteiger partial charge < -0.3 is 10.2 Å². The Morgan fingerprint density at radius 1 is 1.30 bits per heavy atom. The first-order valence-electron chi connectivity index (χ1n) is 7.69. The molecule has 2 fully saturated rings. The quantitative estimate of drug-likeness (QED) is 0.794. The lowest BCUT2D eigenvalue weighted by atomic mass is 9.93. The molecular weight excluding hydrogens is 298 g/mol. The van der Waals surface area contributed by atoms with Crippen molar-refractivity contribution in [2.45, 2.75) is 25.7 Å². The van der Waals surface area contributed by atoms with Crippen molar-refractivity contribution in [3.05, 3.63) is 23.8 Å². The number of hydrogen-bond donors (Lipinski definition) is 1. The Kier molecular flexibility index (Phi) is 4.22. The second-order valence-electron chi connectivity index (χ2n) is 5.88. The number of carbonyl (C=O) groups excluding carboxylic acids is 3. The van der Waals surface area contributed by atoms with Crippen LogP contribution in [0.15, 0.2) is 12.4 Å². The minimum Gasteiger partial charge on any atom is -0.341 e. The monoisotopic (exact) mass is 317 g/mol. The number of aryl methyl sites for hydroxylation is 1. The van der Waals surface area contributed by atoms with Crippen LogP contribution in [0.5, 0.6) is 0 Å². The highest BCUT2D eigenvalue weighted by atomic mass is 16.2. The molecule has 0 unspecified atom stereocenters. The fourth-order valence-electron chi connectivity index (χ4n) is 2.95. The molecular formula is C15H19N5O3. The third-order valence-electron chi connectivity index (χ3n) is 4.27. The number of amides is 4. The maximum absolute atomic E-state index is 12.3. The van der Waals surface area contributed by atoms with Crippen LogP contribution in [0.3, 0.4) is 0 Å². The van der Waals surface area contributed by atoms with Crippen LogP contribution in [0.2, 0.25) is 0 Å². The lowest BCUT2D eigenvalue weighted by Crippen LogP contribution is -2.45. The van der Waals surface area contributed by atoms with Crippen molar-refractivity contribution in [3.63, 3.8) is 0 Å². The molecule has 2 aliphatic rings. The van der Waals surface area contributed by atoms with Gasteiger partial charge in [-0.1, -0.05) is 0 Å². The molecule has 0 saturated carbocycles. The van der Waals surface area contributed by atoms with Gasteiger partial charge in [-0.3, -0.25) is 24.5 Å². The lowest BCUT2D eigenvalue weighted by molar-refractivity contribution is -0.137. The van der Waals surface area contributed by atoms with Crippen LogP contribution in [-0.2, 0) is 9.59 Å². The summed E-state index contributed by atoms with van der Waals surface area (Å²) in [6.45, 7) is 2.90. The van der Waals surface area contributed by atoms with Crippen LogP contribution >= 0.6 is 0 Å². The predicted molar refractivity (Wildman–Crippen MR) is 80.4 cm³/mol. The summed E-state index contributed by atoms with van der Waals surface area (Å²) in [4.78, 5) is 46.6. The minimum atomic E-state index is -0.492. The topological polar surface area (TPSA) is 95.5 Å². The van der Waals surface area contributed by atoms with E-state index in [1.54, 1.807) is 17.3 Å². The van der Waals surface area contributed by atoms with Gasteiger partial charge in [0.1, 0.15) is 6.54 Å². The Hall–Kier alpha value is -2.51. The van der Waals surface area contributed by atoms with Crippen molar-refractivity contribution in [1.82, 2.24) is 25.1 Å². The molecule has 0 radical (unpaired) electrons. The van der Waals surface area contributed by atoms with Crippen molar-refractivity contribution in [2.75, 3.05) is 26.2 Å². The normalized spacial score (nSPS) is 19.2. The zero-order chi connectivity index (χ0) is 16.4. The molecule has 3 rings (SSSR count). The molecule has 1 aromatic rings. The molecule has 2 saturated heterocycles. The molecule has 0 aromatic carbocycles. The molecule has 122 valence electrons. The van der Waals surface area contributed by atoms with Crippen molar-refractivity contribution in [2.24, 2.45) is 0 Å². The largest absolute Gasteiger partial charge is 0.341 e. The van der Waals surface area contributed by atoms with Gasteiger partial charge in [0.25, 0.3) is 5.91 Å². The van der Waals surface area contributed by atoms with Crippen LogP contribution in [0.4, 0.5) is 4.79 Å². The maximum Gasteiger partial charge on any atom is 0.325 e. The molecule has 4 amide bonds. The van der Waals surface area contributed by atoms with Crippen molar-refractivity contribution >= 4 is 17.8 Å². The van der Waals surface area contributed by atoms with E-state index in [4.69, 9.17) is 0 Å². The number of rotatable bonds is 3. The van der Waals surface area contributed by atoms with Crippen molar-refractivity contribution < 1.29 is 14.4 Å². The lowest BCUT2D eigenvalue weighted by Gasteiger charge is -2.32. The van der Waals surface area contributed by atoms with E-state index >= 15 is 0 Å². The van der Waals surface area contributed by atoms with E-state index in [1.807, 2.05) is 6.92 Å². The summed E-state index contributed by atoms with van der Waals surface area (Å²) in [5.74, 6) is -0.249. The van der Waals surface area contributed by atoms with Gasteiger partial charge in [0.15, 0.2) is 0 Å². The third kappa shape index (κ3) is 3.30. The Balaban J connectivity index is 1.55. The Labute approximate surface area is 133 Å². The molecule has 2 aliphatic heterocycles. The molecule has 8 nitrogen and oxygen atoms in total. The maximum atomic E-state index is 12.3. The van der Waals surface area contributed by atoms with E-state index < -0.39 is 6.03 Å². The zero-order valence-electron chi connectivity index (χ0n) is 13.0. The zero-order valence-corrected chi connectivity index (χ0v) is 13.0.